The standard InChI is InChI=1S/C12H16O3/c1-4-15-8-7-10-5-6-11(13-2)12(9-10)14-3/h5-9H,4H2,1-3H3. The number of rotatable bonds is 5. The number of methoxy groups -OCH3 is 2. The summed E-state index contributed by atoms with van der Waals surface area (Å²) in [6.45, 7) is 2.61. The smallest absolute Gasteiger partial charge is 0.161 e. The summed E-state index contributed by atoms with van der Waals surface area (Å²) in [5, 5.41) is 0. The first-order valence-corrected chi connectivity index (χ1v) is 4.82. The van der Waals surface area contributed by atoms with Gasteiger partial charge in [0.05, 0.1) is 27.1 Å². The fraction of sp³-hybridized carbons (Fsp3) is 0.333. The fourth-order valence-electron chi connectivity index (χ4n) is 1.18. The number of hydrogen-bond donors (Lipinski definition) is 0. The monoisotopic (exact) mass is 208 g/mol. The van der Waals surface area contributed by atoms with Gasteiger partial charge in [-0.2, -0.15) is 0 Å². The van der Waals surface area contributed by atoms with E-state index in [2.05, 4.69) is 0 Å². The highest BCUT2D eigenvalue weighted by Crippen LogP contribution is 2.27. The van der Waals surface area contributed by atoms with Crippen molar-refractivity contribution in [3.63, 3.8) is 0 Å². The van der Waals surface area contributed by atoms with Crippen LogP contribution in [0.1, 0.15) is 12.5 Å². The van der Waals surface area contributed by atoms with E-state index in [1.165, 1.54) is 0 Å². The van der Waals surface area contributed by atoms with E-state index < -0.39 is 0 Å². The highest BCUT2D eigenvalue weighted by Gasteiger charge is 2.02. The normalized spacial score (nSPS) is 10.3. The minimum absolute atomic E-state index is 0.670. The summed E-state index contributed by atoms with van der Waals surface area (Å²) in [7, 11) is 3.24. The first-order valence-electron chi connectivity index (χ1n) is 4.82. The van der Waals surface area contributed by atoms with Crippen molar-refractivity contribution >= 4 is 6.08 Å². The molecule has 3 nitrogen and oxygen atoms in total. The van der Waals surface area contributed by atoms with Crippen LogP contribution >= 0.6 is 0 Å². The summed E-state index contributed by atoms with van der Waals surface area (Å²) in [5.41, 5.74) is 1.01. The Morgan fingerprint density at radius 2 is 1.87 bits per heavy atom. The second kappa shape index (κ2) is 5.96. The zero-order valence-corrected chi connectivity index (χ0v) is 9.32. The topological polar surface area (TPSA) is 27.7 Å². The van der Waals surface area contributed by atoms with Gasteiger partial charge in [-0.05, 0) is 30.7 Å². The van der Waals surface area contributed by atoms with Gasteiger partial charge < -0.3 is 14.2 Å². The van der Waals surface area contributed by atoms with Crippen LogP contribution in [0.2, 0.25) is 0 Å². The zero-order valence-electron chi connectivity index (χ0n) is 9.32. The molecule has 0 fully saturated rings. The van der Waals surface area contributed by atoms with E-state index in [9.17, 15) is 0 Å². The maximum absolute atomic E-state index is 5.18. The number of ether oxygens (including phenoxy) is 3. The Morgan fingerprint density at radius 1 is 1.13 bits per heavy atom. The maximum Gasteiger partial charge on any atom is 0.161 e. The van der Waals surface area contributed by atoms with Crippen LogP contribution in [0, 0.1) is 0 Å². The summed E-state index contributed by atoms with van der Waals surface area (Å²) >= 11 is 0. The van der Waals surface area contributed by atoms with E-state index in [0.717, 1.165) is 17.1 Å². The Balaban J connectivity index is 2.83. The fourth-order valence-corrected chi connectivity index (χ4v) is 1.18. The highest BCUT2D eigenvalue weighted by atomic mass is 16.5. The van der Waals surface area contributed by atoms with Crippen LogP contribution in [0.25, 0.3) is 6.08 Å². The zero-order chi connectivity index (χ0) is 11.1. The second-order valence-corrected chi connectivity index (χ2v) is 2.87. The minimum Gasteiger partial charge on any atom is -0.501 e. The third-order valence-electron chi connectivity index (χ3n) is 1.93. The molecule has 0 aromatic heterocycles. The van der Waals surface area contributed by atoms with Crippen molar-refractivity contribution in [1.29, 1.82) is 0 Å². The lowest BCUT2D eigenvalue weighted by Crippen LogP contribution is -1.90. The van der Waals surface area contributed by atoms with E-state index in [-0.39, 0.29) is 0 Å². The lowest BCUT2D eigenvalue weighted by atomic mass is 10.2. The van der Waals surface area contributed by atoms with Crippen molar-refractivity contribution in [3.05, 3.63) is 30.0 Å². The molecule has 0 N–H and O–H groups in total. The van der Waals surface area contributed by atoms with Gasteiger partial charge in [0.25, 0.3) is 0 Å². The molecule has 0 saturated carbocycles. The highest BCUT2D eigenvalue weighted by molar-refractivity contribution is 5.55. The average Bonchev–Trinajstić information content (AvgIpc) is 2.29. The summed E-state index contributed by atoms with van der Waals surface area (Å²) in [5.74, 6) is 1.45. The molecular weight excluding hydrogens is 192 g/mol. The van der Waals surface area contributed by atoms with Gasteiger partial charge >= 0.3 is 0 Å². The molecule has 1 aromatic rings. The van der Waals surface area contributed by atoms with Gasteiger partial charge in [0, 0.05) is 0 Å². The van der Waals surface area contributed by atoms with Gasteiger partial charge in [-0.3, -0.25) is 0 Å². The predicted molar refractivity (Wildman–Crippen MR) is 60.2 cm³/mol. The summed E-state index contributed by atoms with van der Waals surface area (Å²) < 4.78 is 15.4. The minimum atomic E-state index is 0.670. The molecule has 0 atom stereocenters. The van der Waals surface area contributed by atoms with Gasteiger partial charge in [-0.15, -0.1) is 0 Å². The lowest BCUT2D eigenvalue weighted by Gasteiger charge is -2.07. The predicted octanol–water partition coefficient (Wildman–Crippen LogP) is 2.71. The van der Waals surface area contributed by atoms with Crippen LogP contribution in [-0.2, 0) is 4.74 Å². The molecular formula is C12H16O3. The van der Waals surface area contributed by atoms with Crippen LogP contribution in [0.3, 0.4) is 0 Å². The maximum atomic E-state index is 5.18. The Morgan fingerprint density at radius 3 is 2.47 bits per heavy atom. The molecule has 0 radical (unpaired) electrons. The van der Waals surface area contributed by atoms with Crippen molar-refractivity contribution < 1.29 is 14.2 Å². The largest absolute Gasteiger partial charge is 0.501 e. The molecule has 0 aliphatic rings. The summed E-state index contributed by atoms with van der Waals surface area (Å²) in [6, 6.07) is 5.70. The van der Waals surface area contributed by atoms with E-state index in [0.29, 0.717) is 6.61 Å². The third-order valence-corrected chi connectivity index (χ3v) is 1.93. The van der Waals surface area contributed by atoms with Crippen molar-refractivity contribution in [2.45, 2.75) is 6.92 Å². The van der Waals surface area contributed by atoms with Crippen LogP contribution in [-0.4, -0.2) is 20.8 Å². The number of hydrogen-bond acceptors (Lipinski definition) is 3. The first kappa shape index (κ1) is 11.4. The molecule has 0 spiro atoms. The van der Waals surface area contributed by atoms with Gasteiger partial charge in [0.1, 0.15) is 0 Å². The van der Waals surface area contributed by atoms with Crippen molar-refractivity contribution in [3.8, 4) is 11.5 Å². The van der Waals surface area contributed by atoms with E-state index in [4.69, 9.17) is 14.2 Å². The molecule has 0 aliphatic heterocycles. The Bertz CT molecular complexity index is 332. The molecule has 1 rings (SSSR count). The van der Waals surface area contributed by atoms with Gasteiger partial charge in [-0.25, -0.2) is 0 Å². The Hall–Kier alpha value is -1.64. The molecule has 0 unspecified atom stereocenters. The Kier molecular flexibility index (Phi) is 4.54. The van der Waals surface area contributed by atoms with E-state index >= 15 is 0 Å². The lowest BCUT2D eigenvalue weighted by molar-refractivity contribution is 0.272. The molecule has 0 heterocycles. The molecule has 0 aliphatic carbocycles. The summed E-state index contributed by atoms with van der Waals surface area (Å²) in [6.07, 6.45) is 3.55. The molecule has 3 heteroatoms. The van der Waals surface area contributed by atoms with Crippen molar-refractivity contribution in [2.24, 2.45) is 0 Å². The van der Waals surface area contributed by atoms with Gasteiger partial charge in [-0.1, -0.05) is 6.07 Å². The van der Waals surface area contributed by atoms with Crippen molar-refractivity contribution in [1.82, 2.24) is 0 Å². The average molecular weight is 208 g/mol. The van der Waals surface area contributed by atoms with Crippen LogP contribution in [0.15, 0.2) is 24.5 Å². The Labute approximate surface area is 90.3 Å². The molecule has 0 bridgehead atoms. The van der Waals surface area contributed by atoms with Crippen LogP contribution in [0.5, 0.6) is 11.5 Å². The number of benzene rings is 1. The SMILES string of the molecule is CCOC=Cc1ccc(OC)c(OC)c1. The molecule has 15 heavy (non-hydrogen) atoms. The van der Waals surface area contributed by atoms with Crippen LogP contribution < -0.4 is 9.47 Å². The third kappa shape index (κ3) is 3.20. The van der Waals surface area contributed by atoms with E-state index in [1.54, 1.807) is 20.5 Å². The quantitative estimate of drug-likeness (QED) is 0.696. The first-order chi connectivity index (χ1) is 7.31. The van der Waals surface area contributed by atoms with Gasteiger partial charge in [0.2, 0.25) is 0 Å². The summed E-state index contributed by atoms with van der Waals surface area (Å²) in [4.78, 5) is 0. The molecule has 0 amide bonds. The van der Waals surface area contributed by atoms with E-state index in [1.807, 2.05) is 31.2 Å². The van der Waals surface area contributed by atoms with Crippen molar-refractivity contribution in [2.75, 3.05) is 20.8 Å². The molecule has 0 saturated heterocycles. The van der Waals surface area contributed by atoms with Gasteiger partial charge in [0.15, 0.2) is 11.5 Å². The van der Waals surface area contributed by atoms with Crippen LogP contribution in [0.4, 0.5) is 0 Å². The molecule has 82 valence electrons. The second-order valence-electron chi connectivity index (χ2n) is 2.87. The molecule has 1 aromatic carbocycles.